The van der Waals surface area contributed by atoms with E-state index in [2.05, 4.69) is 30.4 Å². The number of benzene rings is 2. The lowest BCUT2D eigenvalue weighted by Crippen LogP contribution is -2.48. The Morgan fingerprint density at radius 1 is 1.24 bits per heavy atom. The van der Waals surface area contributed by atoms with Gasteiger partial charge in [0.1, 0.15) is 0 Å². The minimum atomic E-state index is -1.04. The normalized spacial score (nSPS) is 24.0. The summed E-state index contributed by atoms with van der Waals surface area (Å²) in [7, 11) is -1.04. The Labute approximate surface area is 128 Å². The molecule has 1 heterocycles. The average Bonchev–Trinajstić information content (AvgIpc) is 2.54. The van der Waals surface area contributed by atoms with Gasteiger partial charge in [0.05, 0.1) is 22.7 Å². The van der Waals surface area contributed by atoms with Gasteiger partial charge in [-0.1, -0.05) is 37.3 Å². The van der Waals surface area contributed by atoms with Gasteiger partial charge in [-0.15, -0.1) is 0 Å². The highest BCUT2D eigenvalue weighted by molar-refractivity contribution is 7.85. The molecule has 3 atom stereocenters. The zero-order valence-corrected chi connectivity index (χ0v) is 13.1. The summed E-state index contributed by atoms with van der Waals surface area (Å²) in [6.45, 7) is 4.31. The van der Waals surface area contributed by atoms with Gasteiger partial charge in [0.2, 0.25) is 0 Å². The fourth-order valence-corrected chi connectivity index (χ4v) is 4.43. The molecule has 112 valence electrons. The van der Waals surface area contributed by atoms with Crippen molar-refractivity contribution in [2.75, 3.05) is 19.8 Å². The van der Waals surface area contributed by atoms with Crippen molar-refractivity contribution in [3.8, 4) is 0 Å². The summed E-state index contributed by atoms with van der Waals surface area (Å²) >= 11 is 0. The fourth-order valence-electron chi connectivity index (χ4n) is 2.89. The minimum Gasteiger partial charge on any atom is -0.380 e. The molecule has 1 saturated heterocycles. The molecule has 1 N–H and O–H groups in total. The molecule has 1 aliphatic heterocycles. The molecule has 1 fully saturated rings. The monoisotopic (exact) mass is 303 g/mol. The Morgan fingerprint density at radius 3 is 2.86 bits per heavy atom. The van der Waals surface area contributed by atoms with Crippen LogP contribution in [0.25, 0.3) is 10.8 Å². The third-order valence-electron chi connectivity index (χ3n) is 4.00. The van der Waals surface area contributed by atoms with Crippen LogP contribution < -0.4 is 5.32 Å². The van der Waals surface area contributed by atoms with Gasteiger partial charge >= 0.3 is 0 Å². The van der Waals surface area contributed by atoms with E-state index in [0.29, 0.717) is 6.61 Å². The van der Waals surface area contributed by atoms with Gasteiger partial charge in [0.15, 0.2) is 0 Å². The maximum absolute atomic E-state index is 12.9. The van der Waals surface area contributed by atoms with Crippen LogP contribution in [0.3, 0.4) is 0 Å². The van der Waals surface area contributed by atoms with E-state index in [9.17, 15) is 4.21 Å². The standard InChI is InChI=1S/C17H21NO2S/c1-2-18-16-9-10-20-12-17(16)21(19)15-8-7-13-5-3-4-6-14(13)11-15/h3-8,11,16-18H,2,9-10,12H2,1H3. The Balaban J connectivity index is 1.87. The molecular formula is C17H21NO2S. The first-order valence-corrected chi connectivity index (χ1v) is 8.71. The summed E-state index contributed by atoms with van der Waals surface area (Å²) in [5.41, 5.74) is 0. The van der Waals surface area contributed by atoms with Crippen molar-refractivity contribution in [3.63, 3.8) is 0 Å². The average molecular weight is 303 g/mol. The second kappa shape index (κ2) is 6.69. The smallest absolute Gasteiger partial charge is 0.0782 e. The molecule has 0 amide bonds. The molecule has 3 unspecified atom stereocenters. The number of fused-ring (bicyclic) bond motifs is 1. The maximum atomic E-state index is 12.9. The summed E-state index contributed by atoms with van der Waals surface area (Å²) in [6, 6.07) is 14.5. The zero-order valence-electron chi connectivity index (χ0n) is 12.2. The lowest BCUT2D eigenvalue weighted by atomic mass is 10.1. The molecule has 3 rings (SSSR count). The number of hydrogen-bond donors (Lipinski definition) is 1. The fraction of sp³-hybridized carbons (Fsp3) is 0.412. The zero-order chi connectivity index (χ0) is 14.7. The molecule has 0 saturated carbocycles. The van der Waals surface area contributed by atoms with E-state index >= 15 is 0 Å². The van der Waals surface area contributed by atoms with E-state index in [4.69, 9.17) is 4.74 Å². The van der Waals surface area contributed by atoms with Crippen molar-refractivity contribution in [3.05, 3.63) is 42.5 Å². The van der Waals surface area contributed by atoms with Crippen LogP contribution in [0.2, 0.25) is 0 Å². The van der Waals surface area contributed by atoms with Gasteiger partial charge in [-0.3, -0.25) is 4.21 Å². The van der Waals surface area contributed by atoms with Gasteiger partial charge in [0, 0.05) is 17.5 Å². The molecule has 21 heavy (non-hydrogen) atoms. The van der Waals surface area contributed by atoms with Gasteiger partial charge in [-0.25, -0.2) is 0 Å². The molecule has 0 aromatic heterocycles. The van der Waals surface area contributed by atoms with E-state index in [-0.39, 0.29) is 11.3 Å². The summed E-state index contributed by atoms with van der Waals surface area (Å²) in [4.78, 5) is 0.895. The van der Waals surface area contributed by atoms with Gasteiger partial charge < -0.3 is 10.1 Å². The molecule has 4 heteroatoms. The van der Waals surface area contributed by atoms with E-state index in [1.54, 1.807) is 0 Å². The van der Waals surface area contributed by atoms with E-state index < -0.39 is 10.8 Å². The number of ether oxygens (including phenoxy) is 1. The number of hydrogen-bond acceptors (Lipinski definition) is 3. The maximum Gasteiger partial charge on any atom is 0.0782 e. The van der Waals surface area contributed by atoms with Crippen LogP contribution in [-0.4, -0.2) is 35.3 Å². The van der Waals surface area contributed by atoms with Gasteiger partial charge in [-0.2, -0.15) is 0 Å². The van der Waals surface area contributed by atoms with Gasteiger partial charge in [-0.05, 0) is 35.9 Å². The highest BCUT2D eigenvalue weighted by Crippen LogP contribution is 2.23. The van der Waals surface area contributed by atoms with Crippen molar-refractivity contribution < 1.29 is 8.95 Å². The van der Waals surface area contributed by atoms with Crippen molar-refractivity contribution >= 4 is 21.6 Å². The molecule has 1 aliphatic rings. The Bertz CT molecular complexity index is 641. The summed E-state index contributed by atoms with van der Waals surface area (Å²) in [6.07, 6.45) is 0.928. The Kier molecular flexibility index (Phi) is 4.68. The van der Waals surface area contributed by atoms with Crippen LogP contribution in [-0.2, 0) is 15.5 Å². The van der Waals surface area contributed by atoms with Crippen molar-refractivity contribution in [2.24, 2.45) is 0 Å². The lowest BCUT2D eigenvalue weighted by Gasteiger charge is -2.31. The largest absolute Gasteiger partial charge is 0.380 e. The van der Waals surface area contributed by atoms with Crippen LogP contribution in [0.4, 0.5) is 0 Å². The van der Waals surface area contributed by atoms with Crippen LogP contribution in [0.1, 0.15) is 13.3 Å². The van der Waals surface area contributed by atoms with E-state index in [0.717, 1.165) is 29.9 Å². The lowest BCUT2D eigenvalue weighted by molar-refractivity contribution is 0.0824. The molecule has 0 spiro atoms. The van der Waals surface area contributed by atoms with Crippen molar-refractivity contribution in [1.29, 1.82) is 0 Å². The number of rotatable bonds is 4. The predicted octanol–water partition coefficient (Wildman–Crippen LogP) is 2.71. The quantitative estimate of drug-likeness (QED) is 0.944. The van der Waals surface area contributed by atoms with Crippen molar-refractivity contribution in [1.82, 2.24) is 5.32 Å². The molecule has 3 nitrogen and oxygen atoms in total. The number of nitrogens with one attached hydrogen (secondary N) is 1. The van der Waals surface area contributed by atoms with Crippen molar-refractivity contribution in [2.45, 2.75) is 29.5 Å². The predicted molar refractivity (Wildman–Crippen MR) is 87.0 cm³/mol. The summed E-state index contributed by atoms with van der Waals surface area (Å²) in [5.74, 6) is 0. The minimum absolute atomic E-state index is 0.0277. The van der Waals surface area contributed by atoms with Crippen LogP contribution in [0.5, 0.6) is 0 Å². The van der Waals surface area contributed by atoms with Crippen LogP contribution in [0.15, 0.2) is 47.4 Å². The second-order valence-electron chi connectivity index (χ2n) is 5.37. The molecule has 0 bridgehead atoms. The third-order valence-corrected chi connectivity index (χ3v) is 5.73. The summed E-state index contributed by atoms with van der Waals surface area (Å²) < 4.78 is 18.5. The third kappa shape index (κ3) is 3.18. The first kappa shape index (κ1) is 14.7. The summed E-state index contributed by atoms with van der Waals surface area (Å²) in [5, 5.41) is 5.80. The van der Waals surface area contributed by atoms with Gasteiger partial charge in [0.25, 0.3) is 0 Å². The Hall–Kier alpha value is -1.23. The first-order valence-electron chi connectivity index (χ1n) is 7.50. The first-order chi connectivity index (χ1) is 10.3. The SMILES string of the molecule is CCNC1CCOCC1S(=O)c1ccc2ccccc2c1. The van der Waals surface area contributed by atoms with Crippen LogP contribution >= 0.6 is 0 Å². The van der Waals surface area contributed by atoms with Crippen LogP contribution in [0, 0.1) is 0 Å². The highest BCUT2D eigenvalue weighted by atomic mass is 32.2. The second-order valence-corrected chi connectivity index (χ2v) is 7.04. The van der Waals surface area contributed by atoms with E-state index in [1.807, 2.05) is 24.3 Å². The molecule has 0 radical (unpaired) electrons. The Morgan fingerprint density at radius 2 is 2.05 bits per heavy atom. The van der Waals surface area contributed by atoms with E-state index in [1.165, 1.54) is 5.39 Å². The molecule has 0 aliphatic carbocycles. The molecular weight excluding hydrogens is 282 g/mol. The molecule has 2 aromatic carbocycles. The topological polar surface area (TPSA) is 38.3 Å². The highest BCUT2D eigenvalue weighted by Gasteiger charge is 2.30. The molecule has 2 aromatic rings.